The molecule has 0 saturated carbocycles. The number of rotatable bonds is 9. The van der Waals surface area contributed by atoms with Crippen LogP contribution in [0, 0.1) is 12.8 Å². The van der Waals surface area contributed by atoms with Crippen LogP contribution in [0.2, 0.25) is 0 Å². The molecule has 0 spiro atoms. The van der Waals surface area contributed by atoms with Gasteiger partial charge in [0.2, 0.25) is 0 Å². The summed E-state index contributed by atoms with van der Waals surface area (Å²) in [7, 11) is 3.67. The molecule has 8 nitrogen and oxygen atoms in total. The molecular formula is C22H36IN7O. The third-order valence-corrected chi connectivity index (χ3v) is 5.74. The number of halogens is 1. The van der Waals surface area contributed by atoms with Crippen molar-refractivity contribution in [3.05, 3.63) is 47.5 Å². The first-order chi connectivity index (χ1) is 14.6. The van der Waals surface area contributed by atoms with Crippen LogP contribution in [0.3, 0.4) is 0 Å². The number of guanidine groups is 1. The summed E-state index contributed by atoms with van der Waals surface area (Å²) in [6, 6.07) is 11.3. The van der Waals surface area contributed by atoms with Crippen LogP contribution in [0.15, 0.2) is 35.3 Å². The van der Waals surface area contributed by atoms with Crippen LogP contribution in [0.5, 0.6) is 0 Å². The minimum atomic E-state index is 0. The largest absolute Gasteiger partial charge is 0.383 e. The molecule has 3 rings (SSSR count). The highest BCUT2D eigenvalue weighted by Gasteiger charge is 2.28. The average Bonchev–Trinajstić information content (AvgIpc) is 3.26. The number of hydrogen-bond acceptors (Lipinski definition) is 5. The molecule has 1 aliphatic heterocycles. The van der Waals surface area contributed by atoms with E-state index in [0.717, 1.165) is 37.2 Å². The Morgan fingerprint density at radius 1 is 1.23 bits per heavy atom. The lowest BCUT2D eigenvalue weighted by Gasteiger charge is -2.21. The summed E-state index contributed by atoms with van der Waals surface area (Å²) in [5, 5.41) is 15.2. The molecule has 9 heteroatoms. The van der Waals surface area contributed by atoms with Crippen molar-refractivity contribution in [2.75, 3.05) is 33.4 Å². The van der Waals surface area contributed by atoms with Gasteiger partial charge in [-0.25, -0.2) is 4.99 Å². The third kappa shape index (κ3) is 7.73. The Bertz CT molecular complexity index is 811. The van der Waals surface area contributed by atoms with Crippen molar-refractivity contribution in [2.24, 2.45) is 18.0 Å². The second-order valence-electron chi connectivity index (χ2n) is 8.05. The second-order valence-corrected chi connectivity index (χ2v) is 8.05. The fourth-order valence-corrected chi connectivity index (χ4v) is 3.83. The van der Waals surface area contributed by atoms with Crippen molar-refractivity contribution in [2.45, 2.75) is 39.4 Å². The van der Waals surface area contributed by atoms with Crippen molar-refractivity contribution >= 4 is 29.9 Å². The molecule has 0 bridgehead atoms. The van der Waals surface area contributed by atoms with Crippen LogP contribution in [0.1, 0.15) is 30.6 Å². The molecule has 1 aromatic heterocycles. The molecule has 2 N–H and O–H groups in total. The zero-order valence-electron chi connectivity index (χ0n) is 19.0. The Morgan fingerprint density at radius 2 is 2.00 bits per heavy atom. The fourth-order valence-electron chi connectivity index (χ4n) is 3.83. The highest BCUT2D eigenvalue weighted by atomic mass is 127. The first-order valence-corrected chi connectivity index (χ1v) is 10.7. The van der Waals surface area contributed by atoms with Gasteiger partial charge in [0.1, 0.15) is 12.4 Å². The molecule has 1 aliphatic rings. The summed E-state index contributed by atoms with van der Waals surface area (Å²) in [4.78, 5) is 7.28. The molecule has 31 heavy (non-hydrogen) atoms. The summed E-state index contributed by atoms with van der Waals surface area (Å²) in [5.74, 6) is 3.13. The molecule has 2 heterocycles. The minimum absolute atomic E-state index is 0. The number of methoxy groups -OCH3 is 1. The van der Waals surface area contributed by atoms with E-state index in [-0.39, 0.29) is 24.0 Å². The summed E-state index contributed by atoms with van der Waals surface area (Å²) in [5.41, 5.74) is 1.38. The number of aliphatic imine (C=N–C) groups is 1. The van der Waals surface area contributed by atoms with Gasteiger partial charge in [-0.3, -0.25) is 4.90 Å². The molecule has 2 unspecified atom stereocenters. The molecule has 0 amide bonds. The highest BCUT2D eigenvalue weighted by Crippen LogP contribution is 2.24. The van der Waals surface area contributed by atoms with E-state index in [1.165, 1.54) is 12.0 Å². The Labute approximate surface area is 202 Å². The zero-order chi connectivity index (χ0) is 21.3. The van der Waals surface area contributed by atoms with Crippen LogP contribution in [0.4, 0.5) is 0 Å². The first kappa shape index (κ1) is 25.5. The number of aryl methyl sites for hydroxylation is 1. The molecule has 2 aromatic rings. The van der Waals surface area contributed by atoms with Crippen molar-refractivity contribution in [3.8, 4) is 0 Å². The van der Waals surface area contributed by atoms with Gasteiger partial charge in [-0.05, 0) is 31.7 Å². The summed E-state index contributed by atoms with van der Waals surface area (Å²) in [6.07, 6.45) is 1.19. The second kappa shape index (κ2) is 13.0. The maximum atomic E-state index is 5.16. The van der Waals surface area contributed by atoms with Gasteiger partial charge < -0.3 is 19.9 Å². The lowest BCUT2D eigenvalue weighted by molar-refractivity contribution is 0.203. The Hall–Kier alpha value is -1.72. The standard InChI is InChI=1S/C22H35N7O.HI/c1-17-12-20(16-29(17)15-19-8-6-5-7-9-19)13-24-22(23-10-11-30-4)25-14-21-27-26-18(2)28(21)3;/h5-9,17,20H,10-16H2,1-4H3,(H2,23,24,25);1H. The fraction of sp³-hybridized carbons (Fsp3) is 0.591. The zero-order valence-corrected chi connectivity index (χ0v) is 21.4. The summed E-state index contributed by atoms with van der Waals surface area (Å²) < 4.78 is 7.13. The topological polar surface area (TPSA) is 79.6 Å². The molecule has 1 aromatic carbocycles. The van der Waals surface area contributed by atoms with Crippen LogP contribution in [-0.4, -0.2) is 65.0 Å². The van der Waals surface area contributed by atoms with E-state index in [1.54, 1.807) is 7.11 Å². The van der Waals surface area contributed by atoms with Gasteiger partial charge >= 0.3 is 0 Å². The van der Waals surface area contributed by atoms with Gasteiger partial charge in [0.15, 0.2) is 11.8 Å². The molecule has 0 aliphatic carbocycles. The normalized spacial score (nSPS) is 19.3. The van der Waals surface area contributed by atoms with E-state index in [4.69, 9.17) is 9.73 Å². The maximum Gasteiger partial charge on any atom is 0.191 e. The SMILES string of the molecule is COCCNC(=NCc1nnc(C)n1C)NCC1CC(C)N(Cc2ccccc2)C1.I. The van der Waals surface area contributed by atoms with E-state index in [1.807, 2.05) is 18.5 Å². The molecule has 172 valence electrons. The number of nitrogens with zero attached hydrogens (tertiary/aromatic N) is 5. The van der Waals surface area contributed by atoms with Gasteiger partial charge in [0.25, 0.3) is 0 Å². The number of aromatic nitrogens is 3. The quantitative estimate of drug-likeness (QED) is 0.220. The maximum absolute atomic E-state index is 5.16. The van der Waals surface area contributed by atoms with E-state index >= 15 is 0 Å². The molecule has 1 saturated heterocycles. The van der Waals surface area contributed by atoms with Crippen molar-refractivity contribution in [1.29, 1.82) is 0 Å². The van der Waals surface area contributed by atoms with E-state index < -0.39 is 0 Å². The Balaban J connectivity index is 0.00000341. The molecule has 1 fully saturated rings. The molecular weight excluding hydrogens is 505 g/mol. The predicted octanol–water partition coefficient (Wildman–Crippen LogP) is 2.33. The van der Waals surface area contributed by atoms with Crippen molar-refractivity contribution < 1.29 is 4.74 Å². The van der Waals surface area contributed by atoms with Gasteiger partial charge in [-0.2, -0.15) is 0 Å². The number of likely N-dealkylation sites (tertiary alicyclic amines) is 1. The lowest BCUT2D eigenvalue weighted by atomic mass is 10.1. The van der Waals surface area contributed by atoms with E-state index in [2.05, 4.69) is 63.0 Å². The Kier molecular flexibility index (Phi) is 10.7. The molecule has 2 atom stereocenters. The first-order valence-electron chi connectivity index (χ1n) is 10.7. The number of hydrogen-bond donors (Lipinski definition) is 2. The van der Waals surface area contributed by atoms with Crippen LogP contribution < -0.4 is 10.6 Å². The van der Waals surface area contributed by atoms with Crippen LogP contribution in [0.25, 0.3) is 0 Å². The lowest BCUT2D eigenvalue weighted by Crippen LogP contribution is -2.41. The van der Waals surface area contributed by atoms with Gasteiger partial charge in [-0.15, -0.1) is 34.2 Å². The van der Waals surface area contributed by atoms with Gasteiger partial charge in [0, 0.05) is 46.4 Å². The highest BCUT2D eigenvalue weighted by molar-refractivity contribution is 14.0. The summed E-state index contributed by atoms with van der Waals surface area (Å²) >= 11 is 0. The summed E-state index contributed by atoms with van der Waals surface area (Å²) in [6.45, 7) is 9.10. The number of benzene rings is 1. The predicted molar refractivity (Wildman–Crippen MR) is 135 cm³/mol. The molecule has 0 radical (unpaired) electrons. The van der Waals surface area contributed by atoms with Crippen LogP contribution >= 0.6 is 24.0 Å². The van der Waals surface area contributed by atoms with E-state index in [9.17, 15) is 0 Å². The van der Waals surface area contributed by atoms with Crippen molar-refractivity contribution in [1.82, 2.24) is 30.3 Å². The monoisotopic (exact) mass is 541 g/mol. The van der Waals surface area contributed by atoms with Crippen molar-refractivity contribution in [3.63, 3.8) is 0 Å². The van der Waals surface area contributed by atoms with Gasteiger partial charge in [-0.1, -0.05) is 30.3 Å². The number of nitrogens with one attached hydrogen (secondary N) is 2. The average molecular weight is 541 g/mol. The third-order valence-electron chi connectivity index (χ3n) is 5.74. The smallest absolute Gasteiger partial charge is 0.191 e. The Morgan fingerprint density at radius 3 is 2.68 bits per heavy atom. The van der Waals surface area contributed by atoms with Gasteiger partial charge in [0.05, 0.1) is 6.61 Å². The van der Waals surface area contributed by atoms with E-state index in [0.29, 0.717) is 31.7 Å². The minimum Gasteiger partial charge on any atom is -0.383 e. The number of ether oxygens (including phenoxy) is 1. The van der Waals surface area contributed by atoms with Crippen LogP contribution in [-0.2, 0) is 24.9 Å².